The van der Waals surface area contributed by atoms with E-state index in [-0.39, 0.29) is 17.4 Å². The van der Waals surface area contributed by atoms with E-state index in [2.05, 4.69) is 15.1 Å². The van der Waals surface area contributed by atoms with Gasteiger partial charge in [0.1, 0.15) is 11.9 Å². The number of nitrogens with zero attached hydrogens (tertiary/aromatic N) is 4. The van der Waals surface area contributed by atoms with Crippen molar-refractivity contribution in [3.05, 3.63) is 33.8 Å². The molecule has 2 aromatic heterocycles. The number of aliphatic carboxylic acids is 1. The molecule has 2 heterocycles. The van der Waals surface area contributed by atoms with Gasteiger partial charge in [-0.05, 0) is 31.7 Å². The monoisotopic (exact) mass is 334 g/mol. The average molecular weight is 334 g/mol. The molecule has 1 atom stereocenters. The van der Waals surface area contributed by atoms with E-state index < -0.39 is 10.9 Å². The van der Waals surface area contributed by atoms with Gasteiger partial charge in [0.15, 0.2) is 0 Å². The number of hydrogen-bond acceptors (Lipinski definition) is 7. The van der Waals surface area contributed by atoms with Crippen LogP contribution in [0.3, 0.4) is 0 Å². The van der Waals surface area contributed by atoms with E-state index in [0.717, 1.165) is 6.20 Å². The van der Waals surface area contributed by atoms with E-state index in [9.17, 15) is 14.9 Å². The Bertz CT molecular complexity index is 743. The lowest BCUT2D eigenvalue weighted by Gasteiger charge is -2.07. The molecular formula is C15H18N4O5. The second kappa shape index (κ2) is 7.62. The summed E-state index contributed by atoms with van der Waals surface area (Å²) < 4.78 is 5.15. The topological polar surface area (TPSA) is 132 Å². The van der Waals surface area contributed by atoms with Gasteiger partial charge in [-0.1, -0.05) is 12.1 Å². The third-order valence-corrected chi connectivity index (χ3v) is 3.74. The minimum absolute atomic E-state index is 0.0979. The van der Waals surface area contributed by atoms with Gasteiger partial charge in [-0.3, -0.25) is 14.9 Å². The Morgan fingerprint density at radius 2 is 2.25 bits per heavy atom. The molecule has 2 rings (SSSR count). The summed E-state index contributed by atoms with van der Waals surface area (Å²) >= 11 is 0. The van der Waals surface area contributed by atoms with Crippen molar-refractivity contribution in [1.29, 1.82) is 0 Å². The largest absolute Gasteiger partial charge is 0.481 e. The van der Waals surface area contributed by atoms with Crippen LogP contribution in [0, 0.1) is 23.0 Å². The van der Waals surface area contributed by atoms with Crippen LogP contribution in [0.25, 0.3) is 11.5 Å². The summed E-state index contributed by atoms with van der Waals surface area (Å²) in [6.07, 6.45) is 3.37. The number of aryl methyl sites for hydroxylation is 2. The second-order valence-corrected chi connectivity index (χ2v) is 5.46. The van der Waals surface area contributed by atoms with E-state index in [0.29, 0.717) is 42.8 Å². The number of hydrogen-bond donors (Lipinski definition) is 1. The first kappa shape index (κ1) is 17.5. The second-order valence-electron chi connectivity index (χ2n) is 5.46. The number of pyridine rings is 1. The zero-order chi connectivity index (χ0) is 17.7. The smallest absolute Gasteiger partial charge is 0.306 e. The molecule has 24 heavy (non-hydrogen) atoms. The van der Waals surface area contributed by atoms with E-state index in [1.165, 1.54) is 6.07 Å². The maximum atomic E-state index is 11.0. The van der Waals surface area contributed by atoms with Gasteiger partial charge < -0.3 is 9.63 Å². The number of rotatable bonds is 8. The summed E-state index contributed by atoms with van der Waals surface area (Å²) in [5.41, 5.74) is 0.903. The predicted molar refractivity (Wildman–Crippen MR) is 83.3 cm³/mol. The first-order valence-electron chi connectivity index (χ1n) is 7.59. The molecule has 0 aliphatic rings. The van der Waals surface area contributed by atoms with Gasteiger partial charge in [-0.15, -0.1) is 0 Å². The zero-order valence-corrected chi connectivity index (χ0v) is 13.4. The molecule has 0 aromatic carbocycles. The predicted octanol–water partition coefficient (Wildman–Crippen LogP) is 2.78. The van der Waals surface area contributed by atoms with Crippen LogP contribution in [-0.4, -0.2) is 31.1 Å². The van der Waals surface area contributed by atoms with Crippen LogP contribution in [0.5, 0.6) is 0 Å². The Balaban J connectivity index is 2.03. The molecule has 0 fully saturated rings. The van der Waals surface area contributed by atoms with E-state index in [1.54, 1.807) is 6.92 Å². The number of nitro groups is 1. The Morgan fingerprint density at radius 1 is 1.50 bits per heavy atom. The van der Waals surface area contributed by atoms with Crippen molar-refractivity contribution in [3.63, 3.8) is 0 Å². The SMILES string of the molecule is CCC(CCCc1nc(-c2ncc([N+](=O)[O-])cc2C)no1)C(=O)O. The highest BCUT2D eigenvalue weighted by Crippen LogP contribution is 2.22. The van der Waals surface area contributed by atoms with Gasteiger partial charge in [-0.2, -0.15) is 4.98 Å². The van der Waals surface area contributed by atoms with Gasteiger partial charge in [0.25, 0.3) is 5.69 Å². The van der Waals surface area contributed by atoms with Gasteiger partial charge in [0, 0.05) is 12.5 Å². The molecule has 0 radical (unpaired) electrons. The number of carboxylic acids is 1. The molecule has 2 aromatic rings. The summed E-state index contributed by atoms with van der Waals surface area (Å²) in [5.74, 6) is -0.507. The summed E-state index contributed by atoms with van der Waals surface area (Å²) in [4.78, 5) is 29.4. The maximum absolute atomic E-state index is 11.0. The first-order chi connectivity index (χ1) is 11.4. The van der Waals surface area contributed by atoms with Crippen molar-refractivity contribution in [2.24, 2.45) is 5.92 Å². The molecule has 0 spiro atoms. The Morgan fingerprint density at radius 3 is 2.83 bits per heavy atom. The van der Waals surface area contributed by atoms with Crippen molar-refractivity contribution in [3.8, 4) is 11.5 Å². The van der Waals surface area contributed by atoms with Crippen LogP contribution >= 0.6 is 0 Å². The van der Waals surface area contributed by atoms with Crippen molar-refractivity contribution in [2.75, 3.05) is 0 Å². The van der Waals surface area contributed by atoms with Gasteiger partial charge in [-0.25, -0.2) is 4.98 Å². The van der Waals surface area contributed by atoms with Crippen molar-refractivity contribution in [1.82, 2.24) is 15.1 Å². The Kier molecular flexibility index (Phi) is 5.56. The van der Waals surface area contributed by atoms with Gasteiger partial charge in [0.05, 0.1) is 10.8 Å². The fourth-order valence-corrected chi connectivity index (χ4v) is 2.35. The first-order valence-corrected chi connectivity index (χ1v) is 7.59. The van der Waals surface area contributed by atoms with Crippen LogP contribution in [0.1, 0.15) is 37.6 Å². The molecule has 9 nitrogen and oxygen atoms in total. The molecule has 1 unspecified atom stereocenters. The average Bonchev–Trinajstić information content (AvgIpc) is 2.99. The molecule has 0 saturated heterocycles. The van der Waals surface area contributed by atoms with Crippen LogP contribution in [-0.2, 0) is 11.2 Å². The fourth-order valence-electron chi connectivity index (χ4n) is 2.35. The quantitative estimate of drug-likeness (QED) is 0.575. The minimum Gasteiger partial charge on any atom is -0.481 e. The lowest BCUT2D eigenvalue weighted by molar-refractivity contribution is -0.385. The van der Waals surface area contributed by atoms with Crippen LogP contribution in [0.4, 0.5) is 5.69 Å². The van der Waals surface area contributed by atoms with Gasteiger partial charge >= 0.3 is 5.97 Å². The molecular weight excluding hydrogens is 316 g/mol. The molecule has 0 amide bonds. The van der Waals surface area contributed by atoms with E-state index >= 15 is 0 Å². The highest BCUT2D eigenvalue weighted by Gasteiger charge is 2.17. The van der Waals surface area contributed by atoms with E-state index in [4.69, 9.17) is 9.63 Å². The number of carboxylic acid groups (broad SMARTS) is 1. The van der Waals surface area contributed by atoms with Crippen LogP contribution < -0.4 is 0 Å². The number of carbonyl (C=O) groups is 1. The minimum atomic E-state index is -0.797. The van der Waals surface area contributed by atoms with Crippen LogP contribution in [0.2, 0.25) is 0 Å². The van der Waals surface area contributed by atoms with Crippen molar-refractivity contribution >= 4 is 11.7 Å². The highest BCUT2D eigenvalue weighted by atomic mass is 16.6. The fraction of sp³-hybridized carbons (Fsp3) is 0.467. The third kappa shape index (κ3) is 4.12. The molecule has 9 heteroatoms. The molecule has 128 valence electrons. The normalized spacial score (nSPS) is 12.1. The number of aromatic nitrogens is 3. The standard InChI is InChI=1S/C15H18N4O5/c1-3-10(15(20)21)5-4-6-12-17-14(18-24-12)13-9(2)7-11(8-16-13)19(22)23/h7-8,10H,3-6H2,1-2H3,(H,20,21). The van der Waals surface area contributed by atoms with E-state index in [1.807, 2.05) is 6.92 Å². The summed E-state index contributed by atoms with van der Waals surface area (Å²) in [5, 5.41) is 23.6. The summed E-state index contributed by atoms with van der Waals surface area (Å²) in [7, 11) is 0. The van der Waals surface area contributed by atoms with Gasteiger partial charge in [0.2, 0.25) is 11.7 Å². The molecule has 1 N–H and O–H groups in total. The van der Waals surface area contributed by atoms with Crippen LogP contribution in [0.15, 0.2) is 16.8 Å². The maximum Gasteiger partial charge on any atom is 0.306 e. The zero-order valence-electron chi connectivity index (χ0n) is 13.4. The lowest BCUT2D eigenvalue weighted by atomic mass is 9.99. The van der Waals surface area contributed by atoms with Crippen molar-refractivity contribution < 1.29 is 19.3 Å². The molecule has 0 saturated carbocycles. The Hall–Kier alpha value is -2.84. The summed E-state index contributed by atoms with van der Waals surface area (Å²) in [6, 6.07) is 1.40. The molecule has 0 aliphatic heterocycles. The van der Waals surface area contributed by atoms with Crippen molar-refractivity contribution in [2.45, 2.75) is 39.5 Å². The molecule has 0 bridgehead atoms. The highest BCUT2D eigenvalue weighted by molar-refractivity contribution is 5.69. The Labute approximate surface area is 137 Å². The third-order valence-electron chi connectivity index (χ3n) is 3.74. The molecule has 0 aliphatic carbocycles. The summed E-state index contributed by atoms with van der Waals surface area (Å²) in [6.45, 7) is 3.52. The lowest BCUT2D eigenvalue weighted by Crippen LogP contribution is -2.12.